The number of H-pyrrole nitrogens is 1. The Balaban J connectivity index is 1.82. The molecule has 4 rings (SSSR count). The van der Waals surface area contributed by atoms with Gasteiger partial charge in [0.2, 0.25) is 29.5 Å². The number of aromatic nitrogens is 1. The first-order valence-electron chi connectivity index (χ1n) is 26.1. The van der Waals surface area contributed by atoms with Gasteiger partial charge in [-0.15, -0.1) is 0 Å². The zero-order valence-corrected chi connectivity index (χ0v) is 44.3. The third-order valence-corrected chi connectivity index (χ3v) is 13.2. The Labute approximate surface area is 456 Å². The van der Waals surface area contributed by atoms with Crippen molar-refractivity contribution in [3.05, 3.63) is 71.9 Å². The van der Waals surface area contributed by atoms with Crippen LogP contribution in [0.1, 0.15) is 102 Å². The Morgan fingerprint density at radius 1 is 0.722 bits per heavy atom. The molecule has 18 N–H and O–H groups in total. The van der Waals surface area contributed by atoms with Gasteiger partial charge in [0.1, 0.15) is 35.7 Å². The predicted molar refractivity (Wildman–Crippen MR) is 291 cm³/mol. The molecule has 7 amide bonds. The van der Waals surface area contributed by atoms with Crippen LogP contribution < -0.4 is 60.6 Å². The summed E-state index contributed by atoms with van der Waals surface area (Å²) in [4.78, 5) is 161. The van der Waals surface area contributed by atoms with Crippen LogP contribution in [0.5, 0.6) is 0 Å². The van der Waals surface area contributed by atoms with Crippen LogP contribution in [-0.4, -0.2) is 137 Å². The highest BCUT2D eigenvalue weighted by atomic mass is 16.4. The molecule has 0 unspecified atom stereocenters. The number of fused-ring (bicyclic) bond motifs is 1. The Kier molecular flexibility index (Phi) is 25.5. The fourth-order valence-corrected chi connectivity index (χ4v) is 9.08. The van der Waals surface area contributed by atoms with E-state index >= 15 is 0 Å². The maximum Gasteiger partial charge on any atom is 0.326 e. The molecule has 0 saturated carbocycles. The number of rotatable bonds is 20. The number of para-hydroxylation sites is 1. The molecule has 79 heavy (non-hydrogen) atoms. The van der Waals surface area contributed by atoms with Gasteiger partial charge in [0.15, 0.2) is 23.5 Å². The number of carbonyl (C=O) groups excluding carboxylic acids is 10. The summed E-state index contributed by atoms with van der Waals surface area (Å²) in [6.07, 6.45) is -0.472. The third-order valence-electron chi connectivity index (χ3n) is 13.2. The molecule has 2 heterocycles. The molecule has 0 spiro atoms. The van der Waals surface area contributed by atoms with Gasteiger partial charge in [-0.1, -0.05) is 55.0 Å². The number of nitrogens with two attached hydrogens (primary N) is 5. The first-order valence-corrected chi connectivity index (χ1v) is 26.1. The number of carbonyl (C=O) groups is 11. The van der Waals surface area contributed by atoms with E-state index in [1.807, 2.05) is 18.2 Å². The fourth-order valence-electron chi connectivity index (χ4n) is 9.08. The highest BCUT2D eigenvalue weighted by Crippen LogP contribution is 2.26. The Hall–Kier alpha value is -8.71. The van der Waals surface area contributed by atoms with E-state index < -0.39 is 133 Å². The summed E-state index contributed by atoms with van der Waals surface area (Å²) in [5.74, 6) is -10.8. The number of amides is 7. The van der Waals surface area contributed by atoms with Gasteiger partial charge in [-0.05, 0) is 75.0 Å². The van der Waals surface area contributed by atoms with Crippen molar-refractivity contribution < 1.29 is 57.8 Å². The summed E-state index contributed by atoms with van der Waals surface area (Å²) in [6.45, 7) is 0.628. The molecule has 1 saturated heterocycles. The molecule has 1 aliphatic rings. The lowest BCUT2D eigenvalue weighted by atomic mass is 9.83. The molecule has 26 heteroatoms. The molecule has 1 fully saturated rings. The van der Waals surface area contributed by atoms with Crippen LogP contribution in [0, 0.1) is 11.8 Å². The number of hydrogen-bond acceptors (Lipinski definition) is 13. The lowest BCUT2D eigenvalue weighted by molar-refractivity contribution is -0.143. The van der Waals surface area contributed by atoms with Gasteiger partial charge in [0.25, 0.3) is 0 Å². The number of guanidine groups is 2. The zero-order chi connectivity index (χ0) is 58.0. The number of benzene rings is 2. The number of aliphatic carboxylic acids is 1. The fraction of sp³-hybridized carbons (Fsp3) is 0.491. The van der Waals surface area contributed by atoms with Crippen molar-refractivity contribution in [2.75, 3.05) is 19.6 Å². The molecular formula is C53H74N14O12. The predicted octanol–water partition coefficient (Wildman–Crippen LogP) is -0.710. The monoisotopic (exact) mass is 1100 g/mol. The van der Waals surface area contributed by atoms with E-state index in [2.05, 4.69) is 46.9 Å². The largest absolute Gasteiger partial charge is 0.480 e. The second kappa shape index (κ2) is 32.1. The van der Waals surface area contributed by atoms with Gasteiger partial charge < -0.3 is 70.7 Å². The van der Waals surface area contributed by atoms with E-state index in [0.717, 1.165) is 10.9 Å². The van der Waals surface area contributed by atoms with E-state index in [4.69, 9.17) is 28.7 Å². The second-order valence-electron chi connectivity index (χ2n) is 19.5. The minimum atomic E-state index is -1.80. The molecule has 1 aliphatic heterocycles. The minimum absolute atomic E-state index is 0.00997. The average molecular weight is 1100 g/mol. The first-order chi connectivity index (χ1) is 37.6. The molecular weight excluding hydrogens is 1020 g/mol. The van der Waals surface area contributed by atoms with E-state index in [1.165, 1.54) is 6.92 Å². The number of Topliss-reactive ketones (excluding diaryl/α,β-unsaturated/α-hetero) is 4. The number of nitrogens with zero attached hydrogens (tertiary/aromatic N) is 2. The molecule has 428 valence electrons. The van der Waals surface area contributed by atoms with E-state index in [0.29, 0.717) is 11.1 Å². The van der Waals surface area contributed by atoms with Crippen molar-refractivity contribution >= 4 is 87.5 Å². The van der Waals surface area contributed by atoms with Crippen LogP contribution in [0.2, 0.25) is 0 Å². The summed E-state index contributed by atoms with van der Waals surface area (Å²) in [5, 5.41) is 26.0. The summed E-state index contributed by atoms with van der Waals surface area (Å²) in [6, 6.07) is 7.17. The van der Waals surface area contributed by atoms with Crippen LogP contribution in [0.15, 0.2) is 70.8 Å². The van der Waals surface area contributed by atoms with Crippen molar-refractivity contribution in [2.45, 2.75) is 133 Å². The maximum atomic E-state index is 14.8. The molecule has 2 aromatic carbocycles. The third kappa shape index (κ3) is 22.4. The smallest absolute Gasteiger partial charge is 0.326 e. The second-order valence-corrected chi connectivity index (χ2v) is 19.5. The Bertz CT molecular complexity index is 2700. The summed E-state index contributed by atoms with van der Waals surface area (Å²) in [5.41, 5.74) is 29.2. The molecule has 26 nitrogen and oxygen atoms in total. The molecule has 0 bridgehead atoms. The highest BCUT2D eigenvalue weighted by Gasteiger charge is 2.36. The maximum absolute atomic E-state index is 14.8. The number of aliphatic imine (C=N–C) groups is 2. The van der Waals surface area contributed by atoms with E-state index in [9.17, 15) is 57.8 Å². The van der Waals surface area contributed by atoms with Gasteiger partial charge in [-0.25, -0.2) is 9.59 Å². The van der Waals surface area contributed by atoms with E-state index in [1.54, 1.807) is 42.6 Å². The quantitative estimate of drug-likeness (QED) is 0.0378. The number of primary amides is 1. The van der Waals surface area contributed by atoms with Crippen molar-refractivity contribution in [1.29, 1.82) is 0 Å². The van der Waals surface area contributed by atoms with Crippen molar-refractivity contribution in [2.24, 2.45) is 50.5 Å². The number of hydrogen-bond donors (Lipinski definition) is 13. The van der Waals surface area contributed by atoms with Crippen LogP contribution in [0.4, 0.5) is 4.79 Å². The average Bonchev–Trinajstić information content (AvgIpc) is 3.86. The van der Waals surface area contributed by atoms with Gasteiger partial charge in [0, 0.05) is 81.1 Å². The normalized spacial score (nSPS) is 20.8. The number of nitrogens with one attached hydrogen (secondary N) is 7. The number of ketones is 4. The molecule has 0 aliphatic carbocycles. The van der Waals surface area contributed by atoms with Crippen molar-refractivity contribution in [3.63, 3.8) is 0 Å². The zero-order valence-electron chi connectivity index (χ0n) is 44.3. The minimum Gasteiger partial charge on any atom is -0.480 e. The van der Waals surface area contributed by atoms with E-state index in [-0.39, 0.29) is 102 Å². The van der Waals surface area contributed by atoms with Crippen LogP contribution in [-0.2, 0) is 60.8 Å². The van der Waals surface area contributed by atoms with Crippen LogP contribution in [0.3, 0.4) is 0 Å². The molecule has 1 aromatic heterocycles. The Morgan fingerprint density at radius 2 is 1.38 bits per heavy atom. The standard InChI is InChI=1S/C53H74N14O12/c1-30(68)63-39(18-10-22-60-52(56)57)47(74)64-40-20-19-35(69)14-5-7-17-41(50(77)78)65-46(73)33(24-34-28-61-38-16-8-6-15-37(34)38)26-44(71)32(13-9-21-59-51(54)55)25-45(72)42(23-31-11-3-2-4-12-31)66-49(76)43(67-48(40)75)27-36(70)29-62-53(58)79/h2-4,6,8,11-12,15-16,28,32-33,39-43,61H,5,7,9-10,13-14,17-27,29H2,1H3,(H,63,68)(H,64,74)(H,65,73)(H,66,76)(H,67,75)(H,77,78)(H4,54,55,59)(H4,56,57,60)(H3,58,62,79)/t32-,33-,39+,40+,41+,42-,43+/m1/s1. The SMILES string of the molecule is CC(=O)N[C@@H](CCCN=C(N)N)C(=O)N[C@H]1CCC(=O)CCCC[C@@H](C(=O)O)NC(=O)[C@H](Cc2c[nH]c3ccccc23)CC(=O)[C@H](CCCN=C(N)N)CC(=O)[C@@H](Cc2ccccc2)NC(=O)[C@H](CC(=O)CNC(N)=O)NC1=O. The number of urea groups is 1. The van der Waals surface area contributed by atoms with Crippen molar-refractivity contribution in [3.8, 4) is 0 Å². The lowest BCUT2D eigenvalue weighted by Gasteiger charge is -2.27. The summed E-state index contributed by atoms with van der Waals surface area (Å²) < 4.78 is 0. The van der Waals surface area contributed by atoms with Crippen LogP contribution in [0.25, 0.3) is 10.9 Å². The number of carboxylic acid groups (broad SMARTS) is 1. The number of aromatic amines is 1. The van der Waals surface area contributed by atoms with Crippen molar-refractivity contribution in [1.82, 2.24) is 36.9 Å². The van der Waals surface area contributed by atoms with Gasteiger partial charge in [-0.2, -0.15) is 0 Å². The number of carboxylic acids is 1. The van der Waals surface area contributed by atoms with Gasteiger partial charge in [-0.3, -0.25) is 53.1 Å². The topological polar surface area (TPSA) is 451 Å². The Morgan fingerprint density at radius 3 is 2.05 bits per heavy atom. The molecule has 7 atom stereocenters. The molecule has 0 radical (unpaired) electrons. The summed E-state index contributed by atoms with van der Waals surface area (Å²) >= 11 is 0. The van der Waals surface area contributed by atoms with Gasteiger partial charge in [0.05, 0.1) is 12.6 Å². The van der Waals surface area contributed by atoms with Crippen LogP contribution >= 0.6 is 0 Å². The van der Waals surface area contributed by atoms with Gasteiger partial charge >= 0.3 is 12.0 Å². The first kappa shape index (κ1) is 62.8. The highest BCUT2D eigenvalue weighted by molar-refractivity contribution is 6.00. The molecule has 3 aromatic rings. The summed E-state index contributed by atoms with van der Waals surface area (Å²) in [7, 11) is 0. The lowest BCUT2D eigenvalue weighted by Crippen LogP contribution is -2.58.